The SMILES string of the molecule is FC(F)(F)C(F)(F)P([C]1[CH][CH][CH][C]1C1=N[C@@H](Cc2ccccc2)CO1)C(F)(F)C(F)(F)F.[CH]1[CH][CH][CH][CH]1.[Fe+2]. The van der Waals surface area contributed by atoms with Crippen LogP contribution < -0.4 is 0 Å². The minimum atomic E-state index is -6.64. The van der Waals surface area contributed by atoms with Gasteiger partial charge in [0.1, 0.15) is 6.61 Å². The van der Waals surface area contributed by atoms with Crippen LogP contribution in [0.1, 0.15) is 5.56 Å². The minimum absolute atomic E-state index is 0. The fourth-order valence-electron chi connectivity index (χ4n) is 3.39. The van der Waals surface area contributed by atoms with Crippen LogP contribution in [0.4, 0.5) is 43.9 Å². The summed E-state index contributed by atoms with van der Waals surface area (Å²) in [5.74, 6) is -1.31. The second-order valence-corrected chi connectivity index (χ2v) is 10.1. The van der Waals surface area contributed by atoms with Gasteiger partial charge in [-0.1, -0.05) is 30.3 Å². The molecule has 0 aromatic heterocycles. The van der Waals surface area contributed by atoms with Gasteiger partial charge in [-0.2, -0.15) is 43.9 Å². The molecule has 1 atom stereocenters. The maximum absolute atomic E-state index is 14.1. The number of hydrogen-bond acceptors (Lipinski definition) is 2. The molecule has 10 radical (unpaired) electrons. The molecule has 1 heterocycles. The Kier molecular flexibility index (Phi) is 11.4. The van der Waals surface area contributed by atoms with E-state index in [-0.39, 0.29) is 30.1 Å². The zero-order valence-electron chi connectivity index (χ0n) is 18.9. The second kappa shape index (κ2) is 13.1. The Balaban J connectivity index is 0.000000756. The Bertz CT molecular complexity index is 872. The summed E-state index contributed by atoms with van der Waals surface area (Å²) in [7, 11) is -5.46. The van der Waals surface area contributed by atoms with Crippen LogP contribution in [0.3, 0.4) is 0 Å². The third kappa shape index (κ3) is 7.56. The van der Waals surface area contributed by atoms with Gasteiger partial charge < -0.3 is 4.74 Å². The maximum atomic E-state index is 14.1. The summed E-state index contributed by atoms with van der Waals surface area (Å²) in [5, 5.41) is 0. The van der Waals surface area contributed by atoms with Gasteiger partial charge in [-0.15, -0.1) is 0 Å². The summed E-state index contributed by atoms with van der Waals surface area (Å²) in [6.45, 7) is -0.155. The maximum Gasteiger partial charge on any atom is 2.00 e. The summed E-state index contributed by atoms with van der Waals surface area (Å²) < 4.78 is 139. The van der Waals surface area contributed by atoms with E-state index >= 15 is 0 Å². The fourth-order valence-corrected chi connectivity index (χ4v) is 5.50. The average Bonchev–Trinajstić information content (AvgIpc) is 3.57. The van der Waals surface area contributed by atoms with Gasteiger partial charge >= 0.3 is 40.7 Å². The van der Waals surface area contributed by atoms with Crippen LogP contribution in [-0.4, -0.2) is 42.2 Å². The minimum Gasteiger partial charge on any atom is -0.478 e. The van der Waals surface area contributed by atoms with E-state index in [1.165, 1.54) is 0 Å². The smallest absolute Gasteiger partial charge is 0.478 e. The number of benzene rings is 1. The van der Waals surface area contributed by atoms with Crippen molar-refractivity contribution in [1.82, 2.24) is 0 Å². The standard InChI is InChI=1S/C19H13F10NOP.C5H5.Fe/c20-16(21,22)18(26,27)32(19(28,29)17(23,24)25)14-8-4-7-13(14)15-30-12(10-31-15)9-11-5-2-1-3-6-11;1-2-4-5-3-1;/h1-8,12H,9-10H2;1-5H;/q;;+2/t12-;;/m0../s1. The van der Waals surface area contributed by atoms with Crippen molar-refractivity contribution in [3.05, 3.63) is 98.8 Å². The molecule has 2 nitrogen and oxygen atoms in total. The zero-order chi connectivity index (χ0) is 27.5. The topological polar surface area (TPSA) is 21.6 Å². The van der Waals surface area contributed by atoms with Gasteiger partial charge in [0.05, 0.1) is 19.9 Å². The first kappa shape index (κ1) is 33.1. The van der Waals surface area contributed by atoms with Crippen molar-refractivity contribution in [2.75, 3.05) is 6.61 Å². The molecule has 0 bridgehead atoms. The van der Waals surface area contributed by atoms with Gasteiger partial charge in [-0.05, 0) is 63.4 Å². The van der Waals surface area contributed by atoms with Crippen molar-refractivity contribution in [2.24, 2.45) is 4.99 Å². The molecule has 1 aromatic carbocycles. The van der Waals surface area contributed by atoms with Gasteiger partial charge in [-0.3, -0.25) is 0 Å². The van der Waals surface area contributed by atoms with E-state index in [4.69, 9.17) is 4.74 Å². The number of hydrogen-bond donors (Lipinski definition) is 0. The monoisotopic (exact) mass is 613 g/mol. The van der Waals surface area contributed by atoms with Gasteiger partial charge in [0.2, 0.25) is 0 Å². The Morgan fingerprint density at radius 1 is 0.737 bits per heavy atom. The third-order valence-electron chi connectivity index (χ3n) is 5.09. The zero-order valence-corrected chi connectivity index (χ0v) is 20.9. The number of aliphatic imine (C=N–C) groups is 1. The molecule has 2 saturated carbocycles. The molecular formula is C24H18F10FeNOP+2. The Morgan fingerprint density at radius 2 is 1.24 bits per heavy atom. The molecule has 0 unspecified atom stereocenters. The molecule has 0 N–H and O–H groups in total. The molecule has 0 spiro atoms. The van der Waals surface area contributed by atoms with E-state index < -0.39 is 55.1 Å². The predicted molar refractivity (Wildman–Crippen MR) is 117 cm³/mol. The summed E-state index contributed by atoms with van der Waals surface area (Å²) in [4.78, 5) is 4.01. The molecule has 0 saturated heterocycles. The van der Waals surface area contributed by atoms with Crippen molar-refractivity contribution in [3.63, 3.8) is 0 Å². The van der Waals surface area contributed by atoms with Crippen molar-refractivity contribution in [2.45, 2.75) is 36.1 Å². The molecule has 3 aliphatic rings. The van der Waals surface area contributed by atoms with E-state index in [9.17, 15) is 43.9 Å². The summed E-state index contributed by atoms with van der Waals surface area (Å²) in [6, 6.07) is 8.01. The van der Waals surface area contributed by atoms with Crippen molar-refractivity contribution in [1.29, 1.82) is 0 Å². The number of nitrogens with zero attached hydrogens (tertiary/aromatic N) is 1. The summed E-state index contributed by atoms with van der Waals surface area (Å²) in [6.07, 6.45) is -1.00. The molecule has 206 valence electrons. The molecule has 38 heavy (non-hydrogen) atoms. The van der Waals surface area contributed by atoms with E-state index in [2.05, 4.69) is 4.99 Å². The average molecular weight is 613 g/mol. The van der Waals surface area contributed by atoms with Crippen LogP contribution in [0, 0.1) is 62.9 Å². The molecule has 1 aliphatic heterocycles. The Morgan fingerprint density at radius 3 is 1.71 bits per heavy atom. The molecular weight excluding hydrogens is 595 g/mol. The molecule has 1 aromatic rings. The first-order chi connectivity index (χ1) is 17.2. The summed E-state index contributed by atoms with van der Waals surface area (Å²) >= 11 is 0. The fraction of sp³-hybridized carbons (Fsp3) is 0.292. The predicted octanol–water partition coefficient (Wildman–Crippen LogP) is 7.57. The van der Waals surface area contributed by atoms with Crippen molar-refractivity contribution < 1.29 is 65.7 Å². The van der Waals surface area contributed by atoms with E-state index in [0.717, 1.165) is 18.4 Å². The van der Waals surface area contributed by atoms with Crippen LogP contribution in [-0.2, 0) is 28.2 Å². The van der Waals surface area contributed by atoms with E-state index in [1.54, 1.807) is 30.3 Å². The summed E-state index contributed by atoms with van der Waals surface area (Å²) in [5.41, 5.74) is -13.4. The van der Waals surface area contributed by atoms with Crippen molar-refractivity contribution >= 4 is 13.8 Å². The third-order valence-corrected chi connectivity index (χ3v) is 7.59. The van der Waals surface area contributed by atoms with Gasteiger partial charge in [-0.25, -0.2) is 4.99 Å². The molecule has 0 amide bonds. The largest absolute Gasteiger partial charge is 2.00 e. The van der Waals surface area contributed by atoms with Crippen LogP contribution >= 0.6 is 7.92 Å². The number of rotatable bonds is 6. The number of ether oxygens (including phenoxy) is 1. The van der Waals surface area contributed by atoms with E-state index in [0.29, 0.717) is 6.42 Å². The van der Waals surface area contributed by atoms with Crippen LogP contribution in [0.2, 0.25) is 0 Å². The van der Waals surface area contributed by atoms with Gasteiger partial charge in [0.15, 0.2) is 5.90 Å². The molecule has 2 aliphatic carbocycles. The molecule has 14 heteroatoms. The normalized spacial score (nSPS) is 21.6. The number of alkyl halides is 10. The Labute approximate surface area is 226 Å². The first-order valence-corrected chi connectivity index (χ1v) is 11.9. The van der Waals surface area contributed by atoms with Crippen LogP contribution in [0.5, 0.6) is 0 Å². The van der Waals surface area contributed by atoms with Crippen LogP contribution in [0.15, 0.2) is 35.3 Å². The molecule has 2 fully saturated rings. The second-order valence-electron chi connectivity index (χ2n) is 7.79. The van der Waals surface area contributed by atoms with Gasteiger partial charge in [0.25, 0.3) is 0 Å². The first-order valence-electron chi connectivity index (χ1n) is 10.5. The molecule has 4 rings (SSSR count). The Hall–Kier alpha value is -1.06. The van der Waals surface area contributed by atoms with Gasteiger partial charge in [0, 0.05) is 5.66 Å². The number of halogens is 10. The van der Waals surface area contributed by atoms with Crippen molar-refractivity contribution in [3.8, 4) is 0 Å². The van der Waals surface area contributed by atoms with E-state index in [1.807, 2.05) is 32.1 Å². The quantitative estimate of drug-likeness (QED) is 0.184. The van der Waals surface area contributed by atoms with Crippen LogP contribution in [0.25, 0.3) is 0 Å².